The molecule has 0 aliphatic heterocycles. The number of aromatic nitrogens is 3. The van der Waals surface area contributed by atoms with E-state index in [9.17, 15) is 22.4 Å². The van der Waals surface area contributed by atoms with Crippen molar-refractivity contribution in [2.75, 3.05) is 5.32 Å². The molecule has 1 N–H and O–H groups in total. The van der Waals surface area contributed by atoms with Crippen LogP contribution in [0.4, 0.5) is 23.2 Å². The molecule has 0 saturated heterocycles. The Morgan fingerprint density at radius 2 is 1.90 bits per heavy atom. The van der Waals surface area contributed by atoms with Crippen molar-refractivity contribution in [1.29, 1.82) is 0 Å². The summed E-state index contributed by atoms with van der Waals surface area (Å²) >= 11 is 0. The number of anilines is 1. The summed E-state index contributed by atoms with van der Waals surface area (Å²) in [6, 6.07) is 2.09. The maximum atomic E-state index is 14.2. The van der Waals surface area contributed by atoms with Crippen LogP contribution in [0.2, 0.25) is 0 Å². The number of rotatable bonds is 3. The van der Waals surface area contributed by atoms with Crippen molar-refractivity contribution < 1.29 is 22.4 Å². The maximum absolute atomic E-state index is 14.2. The van der Waals surface area contributed by atoms with E-state index in [0.29, 0.717) is 43.2 Å². The molecule has 4 aliphatic carbocycles. The highest BCUT2D eigenvalue weighted by molar-refractivity contribution is 5.96. The summed E-state index contributed by atoms with van der Waals surface area (Å²) in [5, 5.41) is 6.81. The van der Waals surface area contributed by atoms with Crippen LogP contribution in [-0.2, 0) is 16.5 Å². The Balaban J connectivity index is 1.46. The van der Waals surface area contributed by atoms with Crippen molar-refractivity contribution in [1.82, 2.24) is 14.8 Å². The number of carbonyl (C=O) groups excluding carboxylic acids is 1. The highest BCUT2D eigenvalue weighted by atomic mass is 19.4. The number of nitrogens with zero attached hydrogens (tertiary/aromatic N) is 3. The van der Waals surface area contributed by atoms with E-state index in [1.54, 1.807) is 6.33 Å². The molecule has 2 atom stereocenters. The second-order valence-corrected chi connectivity index (χ2v) is 8.95. The van der Waals surface area contributed by atoms with Gasteiger partial charge >= 0.3 is 6.18 Å². The van der Waals surface area contributed by atoms with E-state index in [-0.39, 0.29) is 5.54 Å². The lowest BCUT2D eigenvalue weighted by Gasteiger charge is -2.60. The van der Waals surface area contributed by atoms with E-state index in [4.69, 9.17) is 0 Å². The second kappa shape index (κ2) is 6.03. The fraction of sp³-hybridized carbons (Fsp3) is 0.550. The molecule has 1 aromatic heterocycles. The number of alkyl halides is 3. The molecule has 1 heterocycles. The van der Waals surface area contributed by atoms with Gasteiger partial charge in [0.2, 0.25) is 5.91 Å². The topological polar surface area (TPSA) is 59.8 Å². The molecule has 2 unspecified atom stereocenters. The standard InChI is InChI=1S/C20H20F4N4O/c21-15-2-1-14(20(22,23)24)4-16(15)27-17(29)18-5-12-3-13(6-18)8-19(7-12,9-18)28-11-25-10-26-28/h1-2,4,10-13H,3,5-9H2,(H,27,29). The van der Waals surface area contributed by atoms with E-state index < -0.39 is 34.6 Å². The van der Waals surface area contributed by atoms with Crippen molar-refractivity contribution in [2.45, 2.75) is 50.2 Å². The van der Waals surface area contributed by atoms with Crippen LogP contribution in [0, 0.1) is 23.1 Å². The summed E-state index contributed by atoms with van der Waals surface area (Å²) in [7, 11) is 0. The number of benzene rings is 1. The first-order valence-corrected chi connectivity index (χ1v) is 9.73. The minimum atomic E-state index is -4.61. The van der Waals surface area contributed by atoms with Crippen molar-refractivity contribution in [3.8, 4) is 0 Å². The van der Waals surface area contributed by atoms with Gasteiger partial charge in [0.25, 0.3) is 0 Å². The lowest BCUT2D eigenvalue weighted by atomic mass is 9.46. The van der Waals surface area contributed by atoms with Gasteiger partial charge < -0.3 is 5.32 Å². The van der Waals surface area contributed by atoms with Crippen LogP contribution < -0.4 is 5.32 Å². The summed E-state index contributed by atoms with van der Waals surface area (Å²) in [5.74, 6) is -0.577. The van der Waals surface area contributed by atoms with E-state index in [0.717, 1.165) is 25.3 Å². The van der Waals surface area contributed by atoms with Crippen LogP contribution in [-0.4, -0.2) is 20.7 Å². The average molecular weight is 408 g/mol. The summed E-state index contributed by atoms with van der Waals surface area (Å²) in [5.41, 5.74) is -2.43. The second-order valence-electron chi connectivity index (χ2n) is 8.95. The molecule has 6 rings (SSSR count). The molecule has 9 heteroatoms. The quantitative estimate of drug-likeness (QED) is 0.768. The minimum Gasteiger partial charge on any atom is -0.323 e. The summed E-state index contributed by atoms with van der Waals surface area (Å²) < 4.78 is 55.1. The number of amides is 1. The zero-order chi connectivity index (χ0) is 20.4. The lowest BCUT2D eigenvalue weighted by Crippen LogP contribution is -2.60. The van der Waals surface area contributed by atoms with Gasteiger partial charge in [-0.25, -0.2) is 14.1 Å². The van der Waals surface area contributed by atoms with Gasteiger partial charge in [-0.3, -0.25) is 4.79 Å². The van der Waals surface area contributed by atoms with Gasteiger partial charge in [0.05, 0.1) is 22.2 Å². The number of halogens is 4. The van der Waals surface area contributed by atoms with E-state index in [2.05, 4.69) is 15.4 Å². The first-order valence-electron chi connectivity index (χ1n) is 9.73. The molecular weight excluding hydrogens is 388 g/mol. The Hall–Kier alpha value is -2.45. The van der Waals surface area contributed by atoms with Gasteiger partial charge in [0.15, 0.2) is 0 Å². The van der Waals surface area contributed by atoms with Gasteiger partial charge in [-0.2, -0.15) is 18.3 Å². The fourth-order valence-electron chi connectivity index (χ4n) is 6.25. The average Bonchev–Trinajstić information content (AvgIpc) is 3.17. The van der Waals surface area contributed by atoms with Crippen molar-refractivity contribution in [3.63, 3.8) is 0 Å². The fourth-order valence-corrected chi connectivity index (χ4v) is 6.25. The summed E-state index contributed by atoms with van der Waals surface area (Å²) in [6.07, 6.45) is 3.31. The highest BCUT2D eigenvalue weighted by Crippen LogP contribution is 2.64. The molecule has 29 heavy (non-hydrogen) atoms. The summed E-state index contributed by atoms with van der Waals surface area (Å²) in [6.45, 7) is 0. The molecule has 4 bridgehead atoms. The zero-order valence-electron chi connectivity index (χ0n) is 15.5. The number of hydrogen-bond acceptors (Lipinski definition) is 3. The molecule has 4 saturated carbocycles. The van der Waals surface area contributed by atoms with Crippen LogP contribution in [0.5, 0.6) is 0 Å². The third-order valence-electron chi connectivity index (χ3n) is 6.96. The molecule has 4 aliphatic rings. The first kappa shape index (κ1) is 18.6. The van der Waals surface area contributed by atoms with Gasteiger partial charge in [0.1, 0.15) is 18.5 Å². The minimum absolute atomic E-state index is 0.301. The van der Waals surface area contributed by atoms with E-state index >= 15 is 0 Å². The van der Waals surface area contributed by atoms with Gasteiger partial charge in [0, 0.05) is 0 Å². The normalized spacial score (nSPS) is 33.1. The molecule has 1 aromatic carbocycles. The number of carbonyl (C=O) groups is 1. The largest absolute Gasteiger partial charge is 0.416 e. The predicted octanol–water partition coefficient (Wildman–Crippen LogP) is 4.37. The lowest BCUT2D eigenvalue weighted by molar-refractivity contribution is -0.150. The van der Waals surface area contributed by atoms with Crippen LogP contribution in [0.1, 0.15) is 44.1 Å². The summed E-state index contributed by atoms with van der Waals surface area (Å²) in [4.78, 5) is 17.3. The zero-order valence-corrected chi connectivity index (χ0v) is 15.5. The Kier molecular flexibility index (Phi) is 3.86. The number of hydrogen-bond donors (Lipinski definition) is 1. The Labute approximate surface area is 164 Å². The van der Waals surface area contributed by atoms with Crippen LogP contribution in [0.3, 0.4) is 0 Å². The Morgan fingerprint density at radius 1 is 1.17 bits per heavy atom. The molecular formula is C20H20F4N4O. The molecule has 1 amide bonds. The van der Waals surface area contributed by atoms with Crippen LogP contribution in [0.15, 0.2) is 30.9 Å². The smallest absolute Gasteiger partial charge is 0.323 e. The van der Waals surface area contributed by atoms with Gasteiger partial charge in [-0.1, -0.05) is 0 Å². The van der Waals surface area contributed by atoms with Gasteiger partial charge in [-0.15, -0.1) is 0 Å². The monoisotopic (exact) mass is 408 g/mol. The van der Waals surface area contributed by atoms with Crippen LogP contribution in [0.25, 0.3) is 0 Å². The number of nitrogens with one attached hydrogen (secondary N) is 1. The predicted molar refractivity (Wildman–Crippen MR) is 95.1 cm³/mol. The molecule has 2 aromatic rings. The molecule has 0 spiro atoms. The van der Waals surface area contributed by atoms with Crippen molar-refractivity contribution in [3.05, 3.63) is 42.2 Å². The Bertz CT molecular complexity index is 942. The van der Waals surface area contributed by atoms with E-state index in [1.807, 2.05) is 4.68 Å². The van der Waals surface area contributed by atoms with Crippen molar-refractivity contribution >= 4 is 11.6 Å². The molecule has 0 radical (unpaired) electrons. The molecule has 5 nitrogen and oxygen atoms in total. The third kappa shape index (κ3) is 2.93. The maximum Gasteiger partial charge on any atom is 0.416 e. The third-order valence-corrected chi connectivity index (χ3v) is 6.96. The first-order chi connectivity index (χ1) is 13.7. The Morgan fingerprint density at radius 3 is 2.52 bits per heavy atom. The SMILES string of the molecule is O=C(Nc1cc(C(F)(F)F)ccc1F)C12CC3CC(C1)CC(n1cncn1)(C3)C2. The molecule has 154 valence electrons. The highest BCUT2D eigenvalue weighted by Gasteiger charge is 2.61. The van der Waals surface area contributed by atoms with E-state index in [1.165, 1.54) is 6.33 Å². The molecule has 4 fully saturated rings. The van der Waals surface area contributed by atoms with Crippen molar-refractivity contribution in [2.24, 2.45) is 17.3 Å². The van der Waals surface area contributed by atoms with Gasteiger partial charge in [-0.05, 0) is 68.6 Å². The van der Waals surface area contributed by atoms with Crippen LogP contribution >= 0.6 is 0 Å².